The van der Waals surface area contributed by atoms with Crippen LogP contribution >= 0.6 is 0 Å². The summed E-state index contributed by atoms with van der Waals surface area (Å²) in [6.07, 6.45) is 3.34. The van der Waals surface area contributed by atoms with Gasteiger partial charge in [-0.1, -0.05) is 12.1 Å². The van der Waals surface area contributed by atoms with Gasteiger partial charge in [0.05, 0.1) is 26.5 Å². The van der Waals surface area contributed by atoms with Crippen LogP contribution in [-0.2, 0) is 11.3 Å². The molecule has 2 heterocycles. The molecule has 0 bridgehead atoms. The maximum Gasteiger partial charge on any atom is 0.246 e. The molecule has 4 rings (SSSR count). The van der Waals surface area contributed by atoms with Crippen molar-refractivity contribution in [1.82, 2.24) is 30.0 Å². The molecule has 1 saturated heterocycles. The lowest BCUT2D eigenvalue weighted by Gasteiger charge is -2.33. The molecule has 0 aliphatic carbocycles. The molecule has 33 heavy (non-hydrogen) atoms. The van der Waals surface area contributed by atoms with E-state index in [1.807, 2.05) is 17.0 Å². The molecule has 0 spiro atoms. The van der Waals surface area contributed by atoms with Crippen LogP contribution < -0.4 is 9.47 Å². The summed E-state index contributed by atoms with van der Waals surface area (Å²) in [6.45, 7) is 3.07. The van der Waals surface area contributed by atoms with E-state index in [0.29, 0.717) is 55.7 Å². The topological polar surface area (TPSA) is 85.6 Å². The van der Waals surface area contributed by atoms with Crippen LogP contribution in [0.3, 0.4) is 0 Å². The van der Waals surface area contributed by atoms with Gasteiger partial charge >= 0.3 is 0 Å². The van der Waals surface area contributed by atoms with Crippen molar-refractivity contribution in [3.63, 3.8) is 0 Å². The van der Waals surface area contributed by atoms with E-state index in [-0.39, 0.29) is 11.7 Å². The number of ether oxygens (including phenoxy) is 2. The third kappa shape index (κ3) is 5.35. The summed E-state index contributed by atoms with van der Waals surface area (Å²) in [5.74, 6) is 1.48. The van der Waals surface area contributed by atoms with Crippen LogP contribution in [-0.4, -0.2) is 76.3 Å². The third-order valence-electron chi connectivity index (χ3n) is 5.46. The second-order valence-corrected chi connectivity index (χ2v) is 7.54. The number of halogens is 1. The summed E-state index contributed by atoms with van der Waals surface area (Å²) in [5, 5.41) is 11.8. The highest BCUT2D eigenvalue weighted by molar-refractivity contribution is 5.92. The molecule has 9 nitrogen and oxygen atoms in total. The lowest BCUT2D eigenvalue weighted by atomic mass is 10.2. The van der Waals surface area contributed by atoms with E-state index in [9.17, 15) is 9.18 Å². The molecule has 0 unspecified atom stereocenters. The molecular weight excluding hydrogens is 427 g/mol. The Balaban J connectivity index is 1.33. The summed E-state index contributed by atoms with van der Waals surface area (Å²) in [7, 11) is 3.16. The number of piperazine rings is 1. The first-order valence-corrected chi connectivity index (χ1v) is 10.5. The van der Waals surface area contributed by atoms with E-state index in [1.54, 1.807) is 44.6 Å². The van der Waals surface area contributed by atoms with Crippen molar-refractivity contribution >= 4 is 12.0 Å². The highest BCUT2D eigenvalue weighted by atomic mass is 19.1. The van der Waals surface area contributed by atoms with Crippen molar-refractivity contribution in [2.45, 2.75) is 6.54 Å². The Hall–Kier alpha value is -3.79. The van der Waals surface area contributed by atoms with E-state index >= 15 is 0 Å². The van der Waals surface area contributed by atoms with Gasteiger partial charge in [-0.2, -0.15) is 4.68 Å². The Labute approximate surface area is 191 Å². The monoisotopic (exact) mass is 452 g/mol. The van der Waals surface area contributed by atoms with E-state index in [1.165, 1.54) is 16.8 Å². The molecule has 1 aliphatic rings. The van der Waals surface area contributed by atoms with Crippen LogP contribution in [0.5, 0.6) is 11.5 Å². The first-order valence-electron chi connectivity index (χ1n) is 10.5. The van der Waals surface area contributed by atoms with Crippen LogP contribution in [0.25, 0.3) is 11.8 Å². The molecule has 3 aromatic rings. The van der Waals surface area contributed by atoms with Crippen LogP contribution in [0, 0.1) is 5.82 Å². The van der Waals surface area contributed by atoms with Crippen LogP contribution in [0.2, 0.25) is 0 Å². The van der Waals surface area contributed by atoms with E-state index in [4.69, 9.17) is 9.47 Å². The van der Waals surface area contributed by atoms with Crippen LogP contribution in [0.15, 0.2) is 48.5 Å². The Morgan fingerprint density at radius 3 is 2.58 bits per heavy atom. The summed E-state index contributed by atoms with van der Waals surface area (Å²) >= 11 is 0. The normalized spacial score (nSPS) is 14.6. The third-order valence-corrected chi connectivity index (χ3v) is 5.46. The van der Waals surface area contributed by atoms with Gasteiger partial charge < -0.3 is 14.4 Å². The van der Waals surface area contributed by atoms with Gasteiger partial charge in [-0.05, 0) is 52.4 Å². The zero-order valence-electron chi connectivity index (χ0n) is 18.5. The first kappa shape index (κ1) is 22.4. The molecule has 172 valence electrons. The summed E-state index contributed by atoms with van der Waals surface area (Å²) in [5.41, 5.74) is 1.42. The Morgan fingerprint density at radius 1 is 1.06 bits per heavy atom. The van der Waals surface area contributed by atoms with Crippen molar-refractivity contribution in [1.29, 1.82) is 0 Å². The number of benzene rings is 2. The van der Waals surface area contributed by atoms with Gasteiger partial charge in [0, 0.05) is 32.3 Å². The van der Waals surface area contributed by atoms with E-state index < -0.39 is 0 Å². The molecule has 0 atom stereocenters. The lowest BCUT2D eigenvalue weighted by Crippen LogP contribution is -2.48. The molecule has 1 aromatic heterocycles. The van der Waals surface area contributed by atoms with Crippen molar-refractivity contribution in [2.24, 2.45) is 0 Å². The minimum atomic E-state index is -0.345. The van der Waals surface area contributed by atoms with Gasteiger partial charge in [0.15, 0.2) is 17.3 Å². The molecule has 0 radical (unpaired) electrons. The van der Waals surface area contributed by atoms with Crippen molar-refractivity contribution < 1.29 is 18.7 Å². The number of nitrogens with zero attached hydrogens (tertiary/aromatic N) is 6. The number of hydrogen-bond acceptors (Lipinski definition) is 7. The largest absolute Gasteiger partial charge is 0.493 e. The van der Waals surface area contributed by atoms with Gasteiger partial charge in [-0.25, -0.2) is 4.39 Å². The molecule has 1 aliphatic heterocycles. The minimum Gasteiger partial charge on any atom is -0.493 e. The van der Waals surface area contributed by atoms with Gasteiger partial charge in [-0.15, -0.1) is 5.10 Å². The minimum absolute atomic E-state index is 0.0472. The first-order chi connectivity index (χ1) is 16.1. The van der Waals surface area contributed by atoms with Crippen LogP contribution in [0.4, 0.5) is 4.39 Å². The Morgan fingerprint density at radius 2 is 1.85 bits per heavy atom. The van der Waals surface area contributed by atoms with E-state index in [2.05, 4.69) is 20.4 Å². The number of carbonyl (C=O) groups is 1. The second-order valence-electron chi connectivity index (χ2n) is 7.54. The highest BCUT2D eigenvalue weighted by Gasteiger charge is 2.22. The SMILES string of the molecule is COc1ccc(/C=C\C(=O)N2CCN(Cc3nnnn3-c3cccc(F)c3)CC2)cc1OC. The Bertz CT molecular complexity index is 1140. The number of hydrogen-bond donors (Lipinski definition) is 0. The predicted octanol–water partition coefficient (Wildman–Crippen LogP) is 2.18. The molecule has 0 N–H and O–H groups in total. The molecule has 0 saturated carbocycles. The average Bonchev–Trinajstić information content (AvgIpc) is 3.31. The predicted molar refractivity (Wildman–Crippen MR) is 120 cm³/mol. The van der Waals surface area contributed by atoms with Crippen molar-refractivity contribution in [3.05, 3.63) is 65.7 Å². The number of methoxy groups -OCH3 is 2. The van der Waals surface area contributed by atoms with Crippen LogP contribution in [0.1, 0.15) is 11.4 Å². The molecule has 1 fully saturated rings. The molecule has 2 aromatic carbocycles. The van der Waals surface area contributed by atoms with Gasteiger partial charge in [-0.3, -0.25) is 9.69 Å². The highest BCUT2D eigenvalue weighted by Crippen LogP contribution is 2.28. The zero-order valence-corrected chi connectivity index (χ0v) is 18.5. The smallest absolute Gasteiger partial charge is 0.246 e. The quantitative estimate of drug-likeness (QED) is 0.508. The van der Waals surface area contributed by atoms with Gasteiger partial charge in [0.1, 0.15) is 5.82 Å². The zero-order chi connectivity index (χ0) is 23.2. The summed E-state index contributed by atoms with van der Waals surface area (Å²) in [4.78, 5) is 16.6. The molecule has 1 amide bonds. The van der Waals surface area contributed by atoms with E-state index in [0.717, 1.165) is 5.56 Å². The fraction of sp³-hybridized carbons (Fsp3) is 0.304. The second kappa shape index (κ2) is 10.2. The fourth-order valence-electron chi connectivity index (χ4n) is 3.67. The lowest BCUT2D eigenvalue weighted by molar-refractivity contribution is -0.127. The van der Waals surface area contributed by atoms with Gasteiger partial charge in [0.25, 0.3) is 0 Å². The molecule has 10 heteroatoms. The van der Waals surface area contributed by atoms with Crippen molar-refractivity contribution in [3.8, 4) is 17.2 Å². The number of rotatable bonds is 7. The number of aromatic nitrogens is 4. The maximum absolute atomic E-state index is 13.6. The maximum atomic E-state index is 13.6. The molecular formula is C23H25FN6O3. The Kier molecular flexibility index (Phi) is 6.94. The van der Waals surface area contributed by atoms with Crippen molar-refractivity contribution in [2.75, 3.05) is 40.4 Å². The summed E-state index contributed by atoms with van der Waals surface area (Å²) in [6, 6.07) is 11.6. The van der Waals surface area contributed by atoms with Gasteiger partial charge in [0.2, 0.25) is 5.91 Å². The summed E-state index contributed by atoms with van der Waals surface area (Å²) < 4.78 is 25.6. The number of tetrazole rings is 1. The number of amides is 1. The average molecular weight is 452 g/mol. The fourth-order valence-corrected chi connectivity index (χ4v) is 3.67. The number of carbonyl (C=O) groups excluding carboxylic acids is 1. The standard InChI is InChI=1S/C23H25FN6O3/c1-32-20-8-6-17(14-21(20)33-2)7-9-23(31)29-12-10-28(11-13-29)16-22-25-26-27-30(22)19-5-3-4-18(24)15-19/h3-9,14-15H,10-13,16H2,1-2H3/b9-7-.